The molecule has 0 amide bonds. The lowest BCUT2D eigenvalue weighted by atomic mass is 10.1. The first kappa shape index (κ1) is 15.5. The van der Waals surface area contributed by atoms with Crippen molar-refractivity contribution >= 4 is 33.2 Å². The van der Waals surface area contributed by atoms with Crippen molar-refractivity contribution in [3.63, 3.8) is 0 Å². The molecule has 0 radical (unpaired) electrons. The standard InChI is InChI=1S/C19H16N4OS/c1-24-14-8-6-13(7-9-14)10-15-11-20-19(25-15)23-18-16-4-2-3-5-17(16)21-12-22-18/h2-9,11-12H,10H2,1H3,(H,20,21,22,23). The lowest BCUT2D eigenvalue weighted by molar-refractivity contribution is 0.414. The van der Waals surface area contributed by atoms with E-state index < -0.39 is 0 Å². The van der Waals surface area contributed by atoms with Crippen LogP contribution in [-0.4, -0.2) is 22.1 Å². The monoisotopic (exact) mass is 348 g/mol. The third-order valence-corrected chi connectivity index (χ3v) is 4.77. The lowest BCUT2D eigenvalue weighted by Crippen LogP contribution is -1.94. The van der Waals surface area contributed by atoms with E-state index in [9.17, 15) is 0 Å². The van der Waals surface area contributed by atoms with E-state index in [-0.39, 0.29) is 0 Å². The molecule has 0 aliphatic carbocycles. The second kappa shape index (κ2) is 6.86. The first-order valence-electron chi connectivity index (χ1n) is 7.86. The maximum atomic E-state index is 5.19. The van der Waals surface area contributed by atoms with Crippen molar-refractivity contribution in [1.29, 1.82) is 0 Å². The number of nitrogens with zero attached hydrogens (tertiary/aromatic N) is 3. The van der Waals surface area contributed by atoms with E-state index in [2.05, 4.69) is 32.4 Å². The smallest absolute Gasteiger partial charge is 0.188 e. The fourth-order valence-corrected chi connectivity index (χ4v) is 3.44. The Balaban J connectivity index is 1.52. The highest BCUT2D eigenvalue weighted by atomic mass is 32.1. The Hall–Kier alpha value is -2.99. The van der Waals surface area contributed by atoms with E-state index in [1.54, 1.807) is 24.8 Å². The molecule has 0 saturated heterocycles. The van der Waals surface area contributed by atoms with Crippen LogP contribution < -0.4 is 10.1 Å². The average molecular weight is 348 g/mol. The number of nitrogens with one attached hydrogen (secondary N) is 1. The molecule has 0 spiro atoms. The Morgan fingerprint density at radius 3 is 2.68 bits per heavy atom. The van der Waals surface area contributed by atoms with Crippen molar-refractivity contribution in [3.8, 4) is 5.75 Å². The number of rotatable bonds is 5. The molecule has 4 aromatic rings. The zero-order valence-corrected chi connectivity index (χ0v) is 14.5. The number of ether oxygens (including phenoxy) is 1. The fourth-order valence-electron chi connectivity index (χ4n) is 2.60. The van der Waals surface area contributed by atoms with Crippen LogP contribution in [0.3, 0.4) is 0 Å². The molecule has 1 N–H and O–H groups in total. The molecule has 2 aromatic heterocycles. The van der Waals surface area contributed by atoms with Gasteiger partial charge in [0.25, 0.3) is 0 Å². The molecule has 6 heteroatoms. The number of methoxy groups -OCH3 is 1. The number of thiazole rings is 1. The highest BCUT2D eigenvalue weighted by Gasteiger charge is 2.07. The van der Waals surface area contributed by atoms with Gasteiger partial charge in [-0.15, -0.1) is 11.3 Å². The van der Waals surface area contributed by atoms with Crippen LogP contribution in [0.25, 0.3) is 10.9 Å². The molecule has 0 bridgehead atoms. The molecule has 4 rings (SSSR count). The second-order valence-electron chi connectivity index (χ2n) is 5.52. The van der Waals surface area contributed by atoms with Crippen molar-refractivity contribution in [2.45, 2.75) is 6.42 Å². The topological polar surface area (TPSA) is 59.9 Å². The van der Waals surface area contributed by atoms with Gasteiger partial charge in [-0.25, -0.2) is 15.0 Å². The van der Waals surface area contributed by atoms with Gasteiger partial charge in [0.1, 0.15) is 17.9 Å². The third kappa shape index (κ3) is 3.44. The Kier molecular flexibility index (Phi) is 4.26. The summed E-state index contributed by atoms with van der Waals surface area (Å²) in [7, 11) is 1.67. The largest absolute Gasteiger partial charge is 0.497 e. The quantitative estimate of drug-likeness (QED) is 0.578. The number of hydrogen-bond donors (Lipinski definition) is 1. The minimum atomic E-state index is 0.774. The normalized spacial score (nSPS) is 10.8. The minimum Gasteiger partial charge on any atom is -0.497 e. The van der Waals surface area contributed by atoms with E-state index in [0.29, 0.717) is 0 Å². The number of hydrogen-bond acceptors (Lipinski definition) is 6. The van der Waals surface area contributed by atoms with Gasteiger partial charge in [0.2, 0.25) is 0 Å². The predicted octanol–water partition coefficient (Wildman–Crippen LogP) is 4.43. The predicted molar refractivity (Wildman–Crippen MR) is 101 cm³/mol. The summed E-state index contributed by atoms with van der Waals surface area (Å²) in [6, 6.07) is 16.0. The summed E-state index contributed by atoms with van der Waals surface area (Å²) in [5, 5.41) is 5.12. The van der Waals surface area contributed by atoms with Crippen molar-refractivity contribution in [2.75, 3.05) is 12.4 Å². The van der Waals surface area contributed by atoms with Crippen molar-refractivity contribution in [2.24, 2.45) is 0 Å². The summed E-state index contributed by atoms with van der Waals surface area (Å²) in [4.78, 5) is 14.3. The van der Waals surface area contributed by atoms with Gasteiger partial charge in [0.15, 0.2) is 5.13 Å². The SMILES string of the molecule is COc1ccc(Cc2cnc(Nc3ncnc4ccccc34)s2)cc1. The maximum Gasteiger partial charge on any atom is 0.188 e. The van der Waals surface area contributed by atoms with Crippen molar-refractivity contribution in [1.82, 2.24) is 15.0 Å². The molecule has 0 atom stereocenters. The Labute approximate surface area is 149 Å². The fraction of sp³-hybridized carbons (Fsp3) is 0.105. The molecular formula is C19H16N4OS. The summed E-state index contributed by atoms with van der Waals surface area (Å²) in [6.45, 7) is 0. The van der Waals surface area contributed by atoms with Crippen LogP contribution in [0.1, 0.15) is 10.4 Å². The summed E-state index contributed by atoms with van der Waals surface area (Å²) in [6.07, 6.45) is 4.31. The average Bonchev–Trinajstić information content (AvgIpc) is 3.09. The molecule has 0 unspecified atom stereocenters. The minimum absolute atomic E-state index is 0.774. The zero-order chi connectivity index (χ0) is 17.1. The second-order valence-corrected chi connectivity index (χ2v) is 6.64. The van der Waals surface area contributed by atoms with Crippen LogP contribution in [0.4, 0.5) is 10.9 Å². The molecular weight excluding hydrogens is 332 g/mol. The highest BCUT2D eigenvalue weighted by Crippen LogP contribution is 2.27. The van der Waals surface area contributed by atoms with E-state index in [0.717, 1.165) is 34.0 Å². The van der Waals surface area contributed by atoms with Gasteiger partial charge in [-0.3, -0.25) is 0 Å². The highest BCUT2D eigenvalue weighted by molar-refractivity contribution is 7.15. The lowest BCUT2D eigenvalue weighted by Gasteiger charge is -2.05. The van der Waals surface area contributed by atoms with E-state index in [4.69, 9.17) is 4.74 Å². The molecule has 0 saturated carbocycles. The molecule has 5 nitrogen and oxygen atoms in total. The summed E-state index contributed by atoms with van der Waals surface area (Å²) in [5.41, 5.74) is 2.14. The van der Waals surface area contributed by atoms with Gasteiger partial charge in [0.05, 0.1) is 12.6 Å². The van der Waals surface area contributed by atoms with Gasteiger partial charge in [-0.1, -0.05) is 24.3 Å². The zero-order valence-electron chi connectivity index (χ0n) is 13.6. The number of benzene rings is 2. The maximum absolute atomic E-state index is 5.19. The van der Waals surface area contributed by atoms with E-state index in [1.165, 1.54) is 10.4 Å². The van der Waals surface area contributed by atoms with Crippen molar-refractivity contribution < 1.29 is 4.74 Å². The number of anilines is 2. The third-order valence-electron chi connectivity index (χ3n) is 3.86. The van der Waals surface area contributed by atoms with Crippen LogP contribution >= 0.6 is 11.3 Å². The Bertz CT molecular complexity index is 992. The van der Waals surface area contributed by atoms with Gasteiger partial charge in [0, 0.05) is 22.9 Å². The van der Waals surface area contributed by atoms with E-state index in [1.807, 2.05) is 42.6 Å². The van der Waals surface area contributed by atoms with Gasteiger partial charge < -0.3 is 10.1 Å². The first-order chi connectivity index (χ1) is 12.3. The van der Waals surface area contributed by atoms with Crippen LogP contribution in [0.2, 0.25) is 0 Å². The summed E-state index contributed by atoms with van der Waals surface area (Å²) in [5.74, 6) is 1.64. The van der Waals surface area contributed by atoms with Crippen LogP contribution in [0, 0.1) is 0 Å². The Morgan fingerprint density at radius 1 is 1.00 bits per heavy atom. The summed E-state index contributed by atoms with van der Waals surface area (Å²) >= 11 is 1.63. The molecule has 2 heterocycles. The van der Waals surface area contributed by atoms with Crippen LogP contribution in [-0.2, 0) is 6.42 Å². The number of fused-ring (bicyclic) bond motifs is 1. The molecule has 25 heavy (non-hydrogen) atoms. The van der Waals surface area contributed by atoms with E-state index >= 15 is 0 Å². The van der Waals surface area contributed by atoms with Gasteiger partial charge in [-0.05, 0) is 29.8 Å². The molecule has 0 aliphatic rings. The Morgan fingerprint density at radius 2 is 1.84 bits per heavy atom. The number of aromatic nitrogens is 3. The molecule has 2 aromatic carbocycles. The molecule has 124 valence electrons. The van der Waals surface area contributed by atoms with Gasteiger partial charge >= 0.3 is 0 Å². The van der Waals surface area contributed by atoms with Crippen LogP contribution in [0.15, 0.2) is 61.1 Å². The molecule has 0 fully saturated rings. The van der Waals surface area contributed by atoms with Gasteiger partial charge in [-0.2, -0.15) is 0 Å². The summed E-state index contributed by atoms with van der Waals surface area (Å²) < 4.78 is 5.19. The van der Waals surface area contributed by atoms with Crippen LogP contribution in [0.5, 0.6) is 5.75 Å². The first-order valence-corrected chi connectivity index (χ1v) is 8.68. The molecule has 0 aliphatic heterocycles. The number of para-hydroxylation sites is 1. The van der Waals surface area contributed by atoms with Crippen molar-refractivity contribution in [3.05, 3.63) is 71.5 Å².